The summed E-state index contributed by atoms with van der Waals surface area (Å²) in [6.45, 7) is 4.09. The molecular formula is C21H28O2. The van der Waals surface area contributed by atoms with Crippen LogP contribution < -0.4 is 4.74 Å². The van der Waals surface area contributed by atoms with E-state index in [0.717, 1.165) is 31.4 Å². The minimum Gasteiger partial charge on any atom is -0.497 e. The molecule has 0 bridgehead atoms. The fraction of sp³-hybridized carbons (Fsp3) is 0.381. The Balaban J connectivity index is 2.24. The second kappa shape index (κ2) is 11.5. The number of rotatable bonds is 10. The van der Waals surface area contributed by atoms with E-state index in [1.807, 2.05) is 31.2 Å². The van der Waals surface area contributed by atoms with Gasteiger partial charge in [0.05, 0.1) is 7.11 Å². The second-order valence-electron chi connectivity index (χ2n) is 5.64. The van der Waals surface area contributed by atoms with Gasteiger partial charge in [0.2, 0.25) is 0 Å². The molecule has 23 heavy (non-hydrogen) atoms. The molecule has 0 saturated heterocycles. The average Bonchev–Trinajstić information content (AvgIpc) is 2.56. The van der Waals surface area contributed by atoms with Crippen LogP contribution in [0.3, 0.4) is 0 Å². The number of ether oxygens (including phenoxy) is 1. The third kappa shape index (κ3) is 8.82. The number of methoxy groups -OCH3 is 1. The number of benzene rings is 1. The highest BCUT2D eigenvalue weighted by molar-refractivity contribution is 5.89. The van der Waals surface area contributed by atoms with Crippen LogP contribution in [0.25, 0.3) is 0 Å². The van der Waals surface area contributed by atoms with E-state index in [1.54, 1.807) is 19.3 Å². The SMILES string of the molecule is C/C=C/C=C/C(=O)CCC/C(C)=C/CCc1ccc(OC)cc1. The van der Waals surface area contributed by atoms with E-state index in [4.69, 9.17) is 4.74 Å². The van der Waals surface area contributed by atoms with Crippen LogP contribution in [0.4, 0.5) is 0 Å². The summed E-state index contributed by atoms with van der Waals surface area (Å²) in [5.74, 6) is 1.10. The number of aryl methyl sites for hydroxylation is 1. The molecule has 1 aromatic rings. The van der Waals surface area contributed by atoms with Crippen LogP contribution in [-0.2, 0) is 11.2 Å². The Kier molecular flexibility index (Phi) is 9.46. The second-order valence-corrected chi connectivity index (χ2v) is 5.64. The van der Waals surface area contributed by atoms with Gasteiger partial charge in [-0.15, -0.1) is 0 Å². The Morgan fingerprint density at radius 1 is 1.13 bits per heavy atom. The van der Waals surface area contributed by atoms with Crippen LogP contribution in [0.1, 0.15) is 45.1 Å². The van der Waals surface area contributed by atoms with Gasteiger partial charge in [-0.2, -0.15) is 0 Å². The third-order valence-electron chi connectivity index (χ3n) is 3.66. The first-order chi connectivity index (χ1) is 11.2. The van der Waals surface area contributed by atoms with Crippen molar-refractivity contribution in [1.29, 1.82) is 0 Å². The van der Waals surface area contributed by atoms with E-state index in [2.05, 4.69) is 25.1 Å². The van der Waals surface area contributed by atoms with Gasteiger partial charge in [-0.3, -0.25) is 4.79 Å². The van der Waals surface area contributed by atoms with Crippen LogP contribution in [0.15, 0.2) is 60.2 Å². The van der Waals surface area contributed by atoms with Crippen molar-refractivity contribution in [1.82, 2.24) is 0 Å². The number of hydrogen-bond donors (Lipinski definition) is 0. The molecule has 0 amide bonds. The summed E-state index contributed by atoms with van der Waals surface area (Å²) in [5, 5.41) is 0. The number of carbonyl (C=O) groups excluding carboxylic acids is 1. The quantitative estimate of drug-likeness (QED) is 0.326. The predicted octanol–water partition coefficient (Wildman–Crippen LogP) is 5.45. The molecular weight excluding hydrogens is 284 g/mol. The third-order valence-corrected chi connectivity index (χ3v) is 3.66. The molecule has 0 saturated carbocycles. The van der Waals surface area contributed by atoms with Gasteiger partial charge in [0.25, 0.3) is 0 Å². The fourth-order valence-electron chi connectivity index (χ4n) is 2.28. The number of ketones is 1. The molecule has 0 N–H and O–H groups in total. The highest BCUT2D eigenvalue weighted by Crippen LogP contribution is 2.14. The summed E-state index contributed by atoms with van der Waals surface area (Å²) in [7, 11) is 1.68. The Morgan fingerprint density at radius 2 is 1.87 bits per heavy atom. The zero-order valence-electron chi connectivity index (χ0n) is 14.5. The van der Waals surface area contributed by atoms with Gasteiger partial charge in [0.15, 0.2) is 5.78 Å². The molecule has 0 aliphatic heterocycles. The maximum atomic E-state index is 11.6. The largest absolute Gasteiger partial charge is 0.497 e. The lowest BCUT2D eigenvalue weighted by Crippen LogP contribution is -1.92. The van der Waals surface area contributed by atoms with Crippen molar-refractivity contribution < 1.29 is 9.53 Å². The first-order valence-electron chi connectivity index (χ1n) is 8.26. The molecule has 0 aliphatic carbocycles. The lowest BCUT2D eigenvalue weighted by atomic mass is 10.0. The topological polar surface area (TPSA) is 26.3 Å². The van der Waals surface area contributed by atoms with Crippen LogP contribution in [0, 0.1) is 0 Å². The van der Waals surface area contributed by atoms with Gasteiger partial charge in [-0.05, 0) is 63.3 Å². The van der Waals surface area contributed by atoms with Crippen molar-refractivity contribution in [3.8, 4) is 5.75 Å². The molecule has 1 rings (SSSR count). The Hall–Kier alpha value is -2.09. The van der Waals surface area contributed by atoms with Crippen molar-refractivity contribution in [2.45, 2.75) is 46.0 Å². The molecule has 0 aromatic heterocycles. The fourth-order valence-corrected chi connectivity index (χ4v) is 2.28. The zero-order chi connectivity index (χ0) is 16.9. The number of hydrogen-bond acceptors (Lipinski definition) is 2. The molecule has 2 heteroatoms. The summed E-state index contributed by atoms with van der Waals surface area (Å²) in [6, 6.07) is 8.22. The molecule has 0 radical (unpaired) electrons. The summed E-state index contributed by atoms with van der Waals surface area (Å²) < 4.78 is 5.16. The predicted molar refractivity (Wildman–Crippen MR) is 97.9 cm³/mol. The molecule has 0 spiro atoms. The van der Waals surface area contributed by atoms with E-state index in [9.17, 15) is 4.79 Å². The summed E-state index contributed by atoms with van der Waals surface area (Å²) >= 11 is 0. The van der Waals surface area contributed by atoms with Crippen molar-refractivity contribution in [3.63, 3.8) is 0 Å². The first-order valence-corrected chi connectivity index (χ1v) is 8.26. The maximum Gasteiger partial charge on any atom is 0.155 e. The van der Waals surface area contributed by atoms with Crippen molar-refractivity contribution >= 4 is 5.78 Å². The number of allylic oxidation sites excluding steroid dienone is 6. The van der Waals surface area contributed by atoms with Crippen LogP contribution in [0.2, 0.25) is 0 Å². The molecule has 0 heterocycles. The molecule has 2 nitrogen and oxygen atoms in total. The zero-order valence-corrected chi connectivity index (χ0v) is 14.5. The van der Waals surface area contributed by atoms with E-state index in [-0.39, 0.29) is 5.78 Å². The van der Waals surface area contributed by atoms with Crippen molar-refractivity contribution in [2.24, 2.45) is 0 Å². The van der Waals surface area contributed by atoms with Gasteiger partial charge in [0, 0.05) is 6.42 Å². The molecule has 0 fully saturated rings. The van der Waals surface area contributed by atoms with Gasteiger partial charge < -0.3 is 4.74 Å². The van der Waals surface area contributed by atoms with Crippen molar-refractivity contribution in [2.75, 3.05) is 7.11 Å². The molecule has 124 valence electrons. The Bertz CT molecular complexity index is 548. The normalized spacial score (nSPS) is 12.2. The van der Waals surface area contributed by atoms with Gasteiger partial charge >= 0.3 is 0 Å². The van der Waals surface area contributed by atoms with E-state index in [1.165, 1.54) is 11.1 Å². The van der Waals surface area contributed by atoms with Crippen LogP contribution >= 0.6 is 0 Å². The summed E-state index contributed by atoms with van der Waals surface area (Å²) in [6.07, 6.45) is 14.1. The molecule has 0 aliphatic rings. The Labute approximate surface area is 140 Å². The van der Waals surface area contributed by atoms with Gasteiger partial charge in [0.1, 0.15) is 5.75 Å². The monoisotopic (exact) mass is 312 g/mol. The standard InChI is InChI=1S/C21H28O2/c1-4-5-6-12-20(22)13-8-10-18(2)9-7-11-19-14-16-21(23-3)17-15-19/h4-6,9,12,14-17H,7-8,10-11,13H2,1-3H3/b5-4+,12-6+,18-9+. The highest BCUT2D eigenvalue weighted by atomic mass is 16.5. The minimum absolute atomic E-state index is 0.203. The maximum absolute atomic E-state index is 11.6. The molecule has 1 aromatic carbocycles. The number of carbonyl (C=O) groups is 1. The van der Waals surface area contributed by atoms with Gasteiger partial charge in [-0.25, -0.2) is 0 Å². The van der Waals surface area contributed by atoms with E-state index in [0.29, 0.717) is 6.42 Å². The van der Waals surface area contributed by atoms with E-state index < -0.39 is 0 Å². The Morgan fingerprint density at radius 3 is 2.52 bits per heavy atom. The van der Waals surface area contributed by atoms with E-state index >= 15 is 0 Å². The molecule has 0 atom stereocenters. The van der Waals surface area contributed by atoms with Crippen LogP contribution in [-0.4, -0.2) is 12.9 Å². The average molecular weight is 312 g/mol. The highest BCUT2D eigenvalue weighted by Gasteiger charge is 1.98. The lowest BCUT2D eigenvalue weighted by Gasteiger charge is -2.03. The minimum atomic E-state index is 0.203. The summed E-state index contributed by atoms with van der Waals surface area (Å²) in [4.78, 5) is 11.6. The first kappa shape index (κ1) is 19.0. The molecule has 0 unspecified atom stereocenters. The van der Waals surface area contributed by atoms with Crippen molar-refractivity contribution in [3.05, 3.63) is 65.8 Å². The summed E-state index contributed by atoms with van der Waals surface area (Å²) in [5.41, 5.74) is 2.68. The van der Waals surface area contributed by atoms with Gasteiger partial charge in [-0.1, -0.05) is 42.0 Å². The lowest BCUT2D eigenvalue weighted by molar-refractivity contribution is -0.114. The van der Waals surface area contributed by atoms with Crippen LogP contribution in [0.5, 0.6) is 5.75 Å². The smallest absolute Gasteiger partial charge is 0.155 e.